The smallest absolute Gasteiger partial charge is 0.241 e. The van der Waals surface area contributed by atoms with Gasteiger partial charge < -0.3 is 10.1 Å². The first-order valence-corrected chi connectivity index (χ1v) is 8.19. The van der Waals surface area contributed by atoms with Crippen LogP contribution in [0.15, 0.2) is 23.1 Å². The van der Waals surface area contributed by atoms with Crippen molar-refractivity contribution in [1.82, 2.24) is 10.0 Å². The highest BCUT2D eigenvalue weighted by Crippen LogP contribution is 2.26. The van der Waals surface area contributed by atoms with Crippen LogP contribution in [0.3, 0.4) is 0 Å². The number of carbonyl (C=O) groups excluding carboxylic acids is 1. The summed E-state index contributed by atoms with van der Waals surface area (Å²) in [6.07, 6.45) is 0. The van der Waals surface area contributed by atoms with Crippen molar-refractivity contribution in [2.24, 2.45) is 0 Å². The Hall–Kier alpha value is -1.31. The first kappa shape index (κ1) is 17.7. The second-order valence-corrected chi connectivity index (χ2v) is 6.92. The maximum atomic E-state index is 12.2. The third-order valence-electron chi connectivity index (χ3n) is 2.59. The quantitative estimate of drug-likeness (QED) is 0.826. The number of hydrogen-bond acceptors (Lipinski definition) is 4. The third kappa shape index (κ3) is 4.87. The van der Waals surface area contributed by atoms with Crippen LogP contribution in [-0.2, 0) is 14.8 Å². The lowest BCUT2D eigenvalue weighted by molar-refractivity contribution is -0.122. The predicted molar refractivity (Wildman–Crippen MR) is 81.1 cm³/mol. The van der Waals surface area contributed by atoms with E-state index in [2.05, 4.69) is 10.0 Å². The second-order valence-electron chi connectivity index (χ2n) is 4.80. The fourth-order valence-corrected chi connectivity index (χ4v) is 3.13. The molecule has 0 aliphatic heterocycles. The molecule has 0 aliphatic rings. The number of rotatable bonds is 6. The van der Waals surface area contributed by atoms with Gasteiger partial charge in [0.25, 0.3) is 0 Å². The predicted octanol–water partition coefficient (Wildman–Crippen LogP) is 1.54. The molecule has 0 bridgehead atoms. The number of hydrogen-bond donors (Lipinski definition) is 2. The van der Waals surface area contributed by atoms with E-state index in [0.717, 1.165) is 0 Å². The van der Waals surface area contributed by atoms with Crippen molar-refractivity contribution in [1.29, 1.82) is 0 Å². The number of sulfonamides is 1. The van der Waals surface area contributed by atoms with Gasteiger partial charge in [-0.25, -0.2) is 8.42 Å². The molecule has 2 N–H and O–H groups in total. The van der Waals surface area contributed by atoms with Crippen LogP contribution in [0.1, 0.15) is 20.8 Å². The summed E-state index contributed by atoms with van der Waals surface area (Å²) in [5, 5.41) is 2.81. The fraction of sp³-hybridized carbons (Fsp3) is 0.462. The molecule has 1 aromatic carbocycles. The van der Waals surface area contributed by atoms with Gasteiger partial charge in [0, 0.05) is 6.04 Å². The summed E-state index contributed by atoms with van der Waals surface area (Å²) in [4.78, 5) is 11.7. The molecule has 1 rings (SSSR count). The van der Waals surface area contributed by atoms with Gasteiger partial charge in [0.1, 0.15) is 5.75 Å². The number of nitrogens with one attached hydrogen (secondary N) is 2. The Kier molecular flexibility index (Phi) is 6.00. The molecule has 118 valence electrons. The molecule has 8 heteroatoms. The van der Waals surface area contributed by atoms with Gasteiger partial charge in [0.2, 0.25) is 15.9 Å². The van der Waals surface area contributed by atoms with Gasteiger partial charge >= 0.3 is 0 Å². The molecule has 1 unspecified atom stereocenters. The average Bonchev–Trinajstić information content (AvgIpc) is 2.37. The molecule has 0 aliphatic carbocycles. The van der Waals surface area contributed by atoms with Gasteiger partial charge in [-0.15, -0.1) is 0 Å². The van der Waals surface area contributed by atoms with Crippen LogP contribution >= 0.6 is 11.6 Å². The molecule has 0 radical (unpaired) electrons. The Morgan fingerprint density at radius 1 is 1.29 bits per heavy atom. The maximum Gasteiger partial charge on any atom is 0.241 e. The van der Waals surface area contributed by atoms with Crippen molar-refractivity contribution in [3.8, 4) is 5.75 Å². The minimum atomic E-state index is -3.84. The lowest BCUT2D eigenvalue weighted by atomic mass is 10.3. The van der Waals surface area contributed by atoms with Crippen molar-refractivity contribution in [2.75, 3.05) is 7.11 Å². The first-order chi connectivity index (χ1) is 9.67. The maximum absolute atomic E-state index is 12.2. The normalized spacial score (nSPS) is 13.0. The molecular weight excluding hydrogens is 316 g/mol. The third-order valence-corrected chi connectivity index (χ3v) is 4.42. The highest BCUT2D eigenvalue weighted by atomic mass is 35.5. The Morgan fingerprint density at radius 3 is 2.38 bits per heavy atom. The van der Waals surface area contributed by atoms with Gasteiger partial charge in [-0.05, 0) is 39.0 Å². The van der Waals surface area contributed by atoms with E-state index < -0.39 is 22.0 Å². The molecule has 0 aromatic heterocycles. The van der Waals surface area contributed by atoms with E-state index in [0.29, 0.717) is 5.75 Å². The van der Waals surface area contributed by atoms with Crippen LogP contribution in [0.4, 0.5) is 0 Å². The lowest BCUT2D eigenvalue weighted by Gasteiger charge is -2.16. The van der Waals surface area contributed by atoms with Crippen LogP contribution in [0.5, 0.6) is 5.75 Å². The van der Waals surface area contributed by atoms with Crippen molar-refractivity contribution in [3.63, 3.8) is 0 Å². The van der Waals surface area contributed by atoms with Crippen molar-refractivity contribution in [2.45, 2.75) is 37.8 Å². The zero-order valence-electron chi connectivity index (χ0n) is 12.3. The van der Waals surface area contributed by atoms with Crippen LogP contribution in [0.25, 0.3) is 0 Å². The SMILES string of the molecule is COc1ccc(S(=O)(=O)NC(C)C(=O)NC(C)C)cc1Cl. The summed E-state index contributed by atoms with van der Waals surface area (Å²) in [5.74, 6) is -0.0191. The lowest BCUT2D eigenvalue weighted by Crippen LogP contribution is -2.46. The molecule has 0 spiro atoms. The minimum absolute atomic E-state index is 0.0301. The number of methoxy groups -OCH3 is 1. The summed E-state index contributed by atoms with van der Waals surface area (Å²) >= 11 is 5.91. The number of carbonyl (C=O) groups is 1. The summed E-state index contributed by atoms with van der Waals surface area (Å²) in [6, 6.07) is 3.13. The highest BCUT2D eigenvalue weighted by molar-refractivity contribution is 7.89. The van der Waals surface area contributed by atoms with Gasteiger partial charge in [0.15, 0.2) is 0 Å². The topological polar surface area (TPSA) is 84.5 Å². The number of ether oxygens (including phenoxy) is 1. The van der Waals surface area contributed by atoms with E-state index in [1.807, 2.05) is 0 Å². The average molecular weight is 335 g/mol. The Labute approximate surface area is 129 Å². The molecule has 1 atom stereocenters. The molecule has 0 heterocycles. The van der Waals surface area contributed by atoms with Gasteiger partial charge in [0.05, 0.1) is 23.1 Å². The highest BCUT2D eigenvalue weighted by Gasteiger charge is 2.23. The number of benzene rings is 1. The summed E-state index contributed by atoms with van der Waals surface area (Å²) in [7, 11) is -2.40. The number of halogens is 1. The Morgan fingerprint density at radius 2 is 1.90 bits per heavy atom. The minimum Gasteiger partial charge on any atom is -0.495 e. The zero-order chi connectivity index (χ0) is 16.2. The molecule has 0 fully saturated rings. The van der Waals surface area contributed by atoms with Crippen LogP contribution in [-0.4, -0.2) is 33.5 Å². The van der Waals surface area contributed by atoms with Crippen molar-refractivity contribution < 1.29 is 17.9 Å². The van der Waals surface area contributed by atoms with Crippen LogP contribution < -0.4 is 14.8 Å². The van der Waals surface area contributed by atoms with E-state index in [-0.39, 0.29) is 16.0 Å². The fourth-order valence-electron chi connectivity index (χ4n) is 1.58. The standard InChI is InChI=1S/C13H19ClN2O4S/c1-8(2)15-13(17)9(3)16-21(18,19)10-5-6-12(20-4)11(14)7-10/h5-9,16H,1-4H3,(H,15,17). The molecular formula is C13H19ClN2O4S. The zero-order valence-corrected chi connectivity index (χ0v) is 13.9. The van der Waals surface area contributed by atoms with E-state index in [9.17, 15) is 13.2 Å². The Balaban J connectivity index is 2.91. The summed E-state index contributed by atoms with van der Waals surface area (Å²) < 4.78 is 31.7. The second kappa shape index (κ2) is 7.11. The van der Waals surface area contributed by atoms with E-state index >= 15 is 0 Å². The molecule has 1 amide bonds. The van der Waals surface area contributed by atoms with E-state index in [1.54, 1.807) is 13.8 Å². The molecule has 0 saturated carbocycles. The first-order valence-electron chi connectivity index (χ1n) is 6.33. The van der Waals surface area contributed by atoms with E-state index in [1.165, 1.54) is 32.2 Å². The van der Waals surface area contributed by atoms with Gasteiger partial charge in [-0.2, -0.15) is 4.72 Å². The van der Waals surface area contributed by atoms with E-state index in [4.69, 9.17) is 16.3 Å². The van der Waals surface area contributed by atoms with Gasteiger partial charge in [-0.3, -0.25) is 4.79 Å². The van der Waals surface area contributed by atoms with Crippen LogP contribution in [0.2, 0.25) is 5.02 Å². The molecule has 0 saturated heterocycles. The van der Waals surface area contributed by atoms with Crippen LogP contribution in [0, 0.1) is 0 Å². The summed E-state index contributed by atoms with van der Waals surface area (Å²) in [5.41, 5.74) is 0. The Bertz CT molecular complexity index is 617. The summed E-state index contributed by atoms with van der Waals surface area (Å²) in [6.45, 7) is 5.06. The molecule has 21 heavy (non-hydrogen) atoms. The van der Waals surface area contributed by atoms with Crippen molar-refractivity contribution >= 4 is 27.5 Å². The molecule has 6 nitrogen and oxygen atoms in total. The van der Waals surface area contributed by atoms with Crippen molar-refractivity contribution in [3.05, 3.63) is 23.2 Å². The number of amides is 1. The van der Waals surface area contributed by atoms with Gasteiger partial charge in [-0.1, -0.05) is 11.6 Å². The largest absolute Gasteiger partial charge is 0.495 e. The molecule has 1 aromatic rings. The monoisotopic (exact) mass is 334 g/mol.